The van der Waals surface area contributed by atoms with E-state index in [0.717, 1.165) is 5.56 Å². The molecule has 3 aromatic rings. The Morgan fingerprint density at radius 2 is 1.97 bits per heavy atom. The molecule has 9 heteroatoms. The van der Waals surface area contributed by atoms with Gasteiger partial charge in [-0.2, -0.15) is 4.98 Å². The average molecular weight is 420 g/mol. The highest BCUT2D eigenvalue weighted by Gasteiger charge is 2.35. The maximum Gasteiger partial charge on any atom is 0.229 e. The number of aromatic nitrogens is 2. The molecule has 31 heavy (non-hydrogen) atoms. The number of benzene rings is 2. The van der Waals surface area contributed by atoms with E-state index < -0.39 is 5.92 Å². The summed E-state index contributed by atoms with van der Waals surface area (Å²) in [6.07, 6.45) is 0.141. The molecule has 0 spiro atoms. The predicted octanol–water partition coefficient (Wildman–Crippen LogP) is 2.81. The molecule has 0 radical (unpaired) electrons. The Balaban J connectivity index is 1.29. The Morgan fingerprint density at radius 3 is 2.77 bits per heavy atom. The summed E-state index contributed by atoms with van der Waals surface area (Å²) in [4.78, 5) is 31.3. The van der Waals surface area contributed by atoms with Crippen molar-refractivity contribution in [1.82, 2.24) is 10.1 Å². The zero-order valence-corrected chi connectivity index (χ0v) is 16.8. The molecule has 3 heterocycles. The van der Waals surface area contributed by atoms with E-state index in [0.29, 0.717) is 54.3 Å². The van der Waals surface area contributed by atoms with E-state index >= 15 is 0 Å². The molecule has 2 aliphatic rings. The van der Waals surface area contributed by atoms with Gasteiger partial charge in [0.25, 0.3) is 0 Å². The van der Waals surface area contributed by atoms with Gasteiger partial charge < -0.3 is 24.2 Å². The fraction of sp³-hybridized carbons (Fsp3) is 0.273. The minimum absolute atomic E-state index is 0.108. The van der Waals surface area contributed by atoms with Gasteiger partial charge in [-0.1, -0.05) is 17.3 Å². The summed E-state index contributed by atoms with van der Waals surface area (Å²) in [5, 5.41) is 6.80. The number of aryl methyl sites for hydroxylation is 1. The lowest BCUT2D eigenvalue weighted by Gasteiger charge is -2.19. The van der Waals surface area contributed by atoms with Gasteiger partial charge in [0.05, 0.1) is 5.92 Å². The van der Waals surface area contributed by atoms with Crippen molar-refractivity contribution in [2.24, 2.45) is 5.92 Å². The Bertz CT molecular complexity index is 1160. The van der Waals surface area contributed by atoms with Crippen LogP contribution in [0.2, 0.25) is 0 Å². The number of fused-ring (bicyclic) bond motifs is 1. The zero-order valence-electron chi connectivity index (χ0n) is 16.8. The minimum atomic E-state index is -0.461. The molecule has 158 valence electrons. The van der Waals surface area contributed by atoms with Crippen LogP contribution < -0.4 is 19.7 Å². The predicted molar refractivity (Wildman–Crippen MR) is 111 cm³/mol. The fourth-order valence-corrected chi connectivity index (χ4v) is 3.73. The van der Waals surface area contributed by atoms with Crippen molar-refractivity contribution in [3.8, 4) is 22.9 Å². The van der Waals surface area contributed by atoms with E-state index in [-0.39, 0.29) is 18.2 Å². The van der Waals surface area contributed by atoms with Crippen molar-refractivity contribution in [2.45, 2.75) is 13.3 Å². The number of hydrogen-bond donors (Lipinski definition) is 1. The summed E-state index contributed by atoms with van der Waals surface area (Å²) in [5.41, 5.74) is 2.04. The maximum absolute atomic E-state index is 12.8. The molecular weight excluding hydrogens is 400 g/mol. The van der Waals surface area contributed by atoms with Gasteiger partial charge in [-0.15, -0.1) is 0 Å². The highest BCUT2D eigenvalue weighted by molar-refractivity contribution is 6.03. The molecule has 2 aromatic carbocycles. The maximum atomic E-state index is 12.8. The van der Waals surface area contributed by atoms with Crippen LogP contribution in [0.25, 0.3) is 11.4 Å². The van der Waals surface area contributed by atoms with Gasteiger partial charge >= 0.3 is 0 Å². The first-order valence-corrected chi connectivity index (χ1v) is 9.98. The lowest BCUT2D eigenvalue weighted by molar-refractivity contribution is -0.122. The van der Waals surface area contributed by atoms with Crippen LogP contribution in [0.1, 0.15) is 12.3 Å². The second-order valence-electron chi connectivity index (χ2n) is 7.44. The first kappa shape index (κ1) is 19.1. The van der Waals surface area contributed by atoms with E-state index in [1.807, 2.05) is 24.3 Å². The van der Waals surface area contributed by atoms with Crippen LogP contribution in [0.3, 0.4) is 0 Å². The van der Waals surface area contributed by atoms with E-state index in [1.54, 1.807) is 30.0 Å². The quantitative estimate of drug-likeness (QED) is 0.692. The van der Waals surface area contributed by atoms with Gasteiger partial charge in [-0.05, 0) is 24.3 Å². The van der Waals surface area contributed by atoms with E-state index in [1.165, 1.54) is 0 Å². The third-order valence-electron chi connectivity index (χ3n) is 5.25. The number of nitrogens with zero attached hydrogens (tertiary/aromatic N) is 3. The summed E-state index contributed by atoms with van der Waals surface area (Å²) >= 11 is 0. The van der Waals surface area contributed by atoms with Crippen LogP contribution >= 0.6 is 0 Å². The van der Waals surface area contributed by atoms with Crippen molar-refractivity contribution in [2.75, 3.05) is 30.0 Å². The molecule has 0 saturated carbocycles. The third-order valence-corrected chi connectivity index (χ3v) is 5.25. The standard InChI is InChI=1S/C22H20N4O5/c1-13-23-21(25-31-13)14-3-2-4-17(9-14)26-12-15(10-20(26)27)22(28)24-16-5-6-18-19(11-16)30-8-7-29-18/h2-6,9,11,15H,7-8,10,12H2,1H3,(H,24,28). The highest BCUT2D eigenvalue weighted by Crippen LogP contribution is 2.33. The summed E-state index contributed by atoms with van der Waals surface area (Å²) in [6, 6.07) is 12.6. The molecule has 0 bridgehead atoms. The molecule has 1 aromatic heterocycles. The molecule has 1 N–H and O–H groups in total. The van der Waals surface area contributed by atoms with Crippen LogP contribution in [0.5, 0.6) is 11.5 Å². The molecule has 1 fully saturated rings. The van der Waals surface area contributed by atoms with Crippen molar-refractivity contribution in [1.29, 1.82) is 0 Å². The minimum Gasteiger partial charge on any atom is -0.486 e. The normalized spacial score (nSPS) is 17.6. The molecule has 2 aliphatic heterocycles. The highest BCUT2D eigenvalue weighted by atomic mass is 16.6. The van der Waals surface area contributed by atoms with Gasteiger partial charge in [0.2, 0.25) is 23.5 Å². The van der Waals surface area contributed by atoms with Gasteiger partial charge in [-0.25, -0.2) is 0 Å². The van der Waals surface area contributed by atoms with Crippen molar-refractivity contribution in [3.05, 3.63) is 48.4 Å². The number of carbonyl (C=O) groups is 2. The number of amides is 2. The molecule has 1 saturated heterocycles. The van der Waals surface area contributed by atoms with Crippen LogP contribution in [0, 0.1) is 12.8 Å². The van der Waals surface area contributed by atoms with Crippen LogP contribution in [0.4, 0.5) is 11.4 Å². The van der Waals surface area contributed by atoms with Crippen LogP contribution in [-0.2, 0) is 9.59 Å². The smallest absolute Gasteiger partial charge is 0.229 e. The molecule has 9 nitrogen and oxygen atoms in total. The summed E-state index contributed by atoms with van der Waals surface area (Å²) in [7, 11) is 0. The summed E-state index contributed by atoms with van der Waals surface area (Å²) < 4.78 is 16.1. The van der Waals surface area contributed by atoms with E-state index in [2.05, 4.69) is 15.5 Å². The molecule has 5 rings (SSSR count). The van der Waals surface area contributed by atoms with Gasteiger partial charge in [0.15, 0.2) is 11.5 Å². The molecular formula is C22H20N4O5. The van der Waals surface area contributed by atoms with E-state index in [9.17, 15) is 9.59 Å². The number of nitrogens with one attached hydrogen (secondary N) is 1. The van der Waals surface area contributed by atoms with E-state index in [4.69, 9.17) is 14.0 Å². The van der Waals surface area contributed by atoms with Crippen molar-refractivity contribution >= 4 is 23.2 Å². The van der Waals surface area contributed by atoms with Crippen LogP contribution in [-0.4, -0.2) is 41.7 Å². The summed E-state index contributed by atoms with van der Waals surface area (Å²) in [5.74, 6) is 1.40. The molecule has 2 amide bonds. The third kappa shape index (κ3) is 3.81. The Labute approximate surface area is 177 Å². The van der Waals surface area contributed by atoms with Crippen LogP contribution in [0.15, 0.2) is 47.0 Å². The number of ether oxygens (including phenoxy) is 2. The second kappa shape index (κ2) is 7.75. The Hall–Kier alpha value is -3.88. The number of rotatable bonds is 4. The summed E-state index contributed by atoms with van der Waals surface area (Å²) in [6.45, 7) is 2.99. The Kier molecular flexibility index (Phi) is 4.78. The van der Waals surface area contributed by atoms with Crippen molar-refractivity contribution in [3.63, 3.8) is 0 Å². The lowest BCUT2D eigenvalue weighted by atomic mass is 10.1. The largest absolute Gasteiger partial charge is 0.486 e. The first-order chi connectivity index (χ1) is 15.1. The van der Waals surface area contributed by atoms with Gasteiger partial charge in [0, 0.05) is 42.9 Å². The second-order valence-corrected chi connectivity index (χ2v) is 7.44. The van der Waals surface area contributed by atoms with Gasteiger partial charge in [0.1, 0.15) is 13.2 Å². The van der Waals surface area contributed by atoms with Gasteiger partial charge in [-0.3, -0.25) is 9.59 Å². The van der Waals surface area contributed by atoms with Crippen molar-refractivity contribution < 1.29 is 23.6 Å². The first-order valence-electron chi connectivity index (χ1n) is 9.98. The zero-order chi connectivity index (χ0) is 21.4. The molecule has 1 atom stereocenters. The molecule has 0 aliphatic carbocycles. The SMILES string of the molecule is Cc1nc(-c2cccc(N3CC(C(=O)Nc4ccc5c(c4)OCCO5)CC3=O)c2)no1. The molecule has 1 unspecified atom stereocenters. The lowest BCUT2D eigenvalue weighted by Crippen LogP contribution is -2.28. The number of hydrogen-bond acceptors (Lipinski definition) is 7. The fourth-order valence-electron chi connectivity index (χ4n) is 3.73. The number of anilines is 2. The Morgan fingerprint density at radius 1 is 1.13 bits per heavy atom. The topological polar surface area (TPSA) is 107 Å². The monoisotopic (exact) mass is 420 g/mol. The number of carbonyl (C=O) groups excluding carboxylic acids is 2. The average Bonchev–Trinajstić information content (AvgIpc) is 3.39.